The lowest BCUT2D eigenvalue weighted by molar-refractivity contribution is -0.0523. The fourth-order valence-electron chi connectivity index (χ4n) is 2.88. The van der Waals surface area contributed by atoms with Crippen LogP contribution in [0.3, 0.4) is 0 Å². The monoisotopic (exact) mass is 443 g/mol. The number of nitriles is 1. The van der Waals surface area contributed by atoms with Gasteiger partial charge in [-0.1, -0.05) is 12.1 Å². The molecule has 1 amide bonds. The lowest BCUT2D eigenvalue weighted by Crippen LogP contribution is -2.35. The predicted octanol–water partition coefficient (Wildman–Crippen LogP) is 0.628. The predicted molar refractivity (Wildman–Crippen MR) is 113 cm³/mol. The second-order valence-electron chi connectivity index (χ2n) is 7.81. The normalized spacial score (nSPS) is 18.1. The molecule has 1 aliphatic rings. The van der Waals surface area contributed by atoms with E-state index in [2.05, 4.69) is 26.8 Å². The molecule has 1 aromatic heterocycles. The summed E-state index contributed by atoms with van der Waals surface area (Å²) in [7, 11) is 1.57. The molecule has 2 aromatic rings. The van der Waals surface area contributed by atoms with E-state index in [1.165, 1.54) is 13.8 Å². The van der Waals surface area contributed by atoms with Gasteiger partial charge in [0.05, 0.1) is 30.4 Å². The van der Waals surface area contributed by atoms with E-state index in [1.807, 2.05) is 0 Å². The molecule has 0 aliphatic carbocycles. The third kappa shape index (κ3) is 5.68. The maximum absolute atomic E-state index is 12.9. The number of nitrogens with one attached hydrogen (secondary N) is 2. The molecule has 3 rings (SSSR count). The van der Waals surface area contributed by atoms with Gasteiger partial charge in [-0.15, -0.1) is 0 Å². The Morgan fingerprint density at radius 1 is 1.38 bits per heavy atom. The number of hydrogen-bond acceptors (Lipinski definition) is 10. The highest BCUT2D eigenvalue weighted by atomic mass is 16.7. The van der Waals surface area contributed by atoms with Gasteiger partial charge in [0.25, 0.3) is 5.91 Å². The zero-order valence-electron chi connectivity index (χ0n) is 18.0. The minimum atomic E-state index is -1.16. The molecular formula is C21H25N5O6. The van der Waals surface area contributed by atoms with Gasteiger partial charge in [0.15, 0.2) is 11.9 Å². The molecule has 11 heteroatoms. The number of carbonyl (C=O) groups excluding carboxylic acids is 1. The Morgan fingerprint density at radius 3 is 2.78 bits per heavy atom. The van der Waals surface area contributed by atoms with Crippen molar-refractivity contribution >= 4 is 11.7 Å². The summed E-state index contributed by atoms with van der Waals surface area (Å²) in [6.07, 6.45) is -1.63. The summed E-state index contributed by atoms with van der Waals surface area (Å²) >= 11 is 0. The molecule has 1 aromatic carbocycles. The Bertz CT molecular complexity index is 1020. The van der Waals surface area contributed by atoms with Crippen molar-refractivity contribution < 1.29 is 29.3 Å². The van der Waals surface area contributed by atoms with Gasteiger partial charge in [0.2, 0.25) is 5.88 Å². The minimum absolute atomic E-state index is 0.0532. The molecule has 1 fully saturated rings. The van der Waals surface area contributed by atoms with E-state index in [0.717, 1.165) is 0 Å². The summed E-state index contributed by atoms with van der Waals surface area (Å²) in [6, 6.07) is 8.73. The number of benzene rings is 1. The van der Waals surface area contributed by atoms with Crippen LogP contribution in [0.15, 0.2) is 24.3 Å². The quantitative estimate of drug-likeness (QED) is 0.426. The highest BCUT2D eigenvalue weighted by Gasteiger charge is 2.32. The first-order valence-corrected chi connectivity index (χ1v) is 9.89. The fourth-order valence-corrected chi connectivity index (χ4v) is 2.88. The molecule has 32 heavy (non-hydrogen) atoms. The number of hydrogen-bond donors (Lipinski definition) is 4. The van der Waals surface area contributed by atoms with E-state index >= 15 is 0 Å². The fraction of sp³-hybridized carbons (Fsp3) is 0.429. The zero-order chi connectivity index (χ0) is 23.3. The van der Waals surface area contributed by atoms with Crippen LogP contribution in [0.2, 0.25) is 0 Å². The van der Waals surface area contributed by atoms with Gasteiger partial charge in [-0.25, -0.2) is 10.5 Å². The van der Waals surface area contributed by atoms with Gasteiger partial charge in [-0.3, -0.25) is 9.63 Å². The molecule has 0 saturated carbocycles. The average molecular weight is 443 g/mol. The van der Waals surface area contributed by atoms with E-state index in [0.29, 0.717) is 11.1 Å². The number of hydroxylamine groups is 1. The Kier molecular flexibility index (Phi) is 7.22. The van der Waals surface area contributed by atoms with Crippen molar-refractivity contribution in [2.24, 2.45) is 0 Å². The highest BCUT2D eigenvalue weighted by molar-refractivity contribution is 6.00. The number of rotatable bonds is 8. The molecule has 1 aliphatic heterocycles. The van der Waals surface area contributed by atoms with Gasteiger partial charge in [-0.2, -0.15) is 10.2 Å². The van der Waals surface area contributed by atoms with Crippen LogP contribution in [0.5, 0.6) is 5.88 Å². The topological polar surface area (TPSA) is 159 Å². The number of aliphatic hydroxyl groups is 2. The van der Waals surface area contributed by atoms with Gasteiger partial charge >= 0.3 is 0 Å². The zero-order valence-corrected chi connectivity index (χ0v) is 18.0. The molecule has 0 spiro atoms. The van der Waals surface area contributed by atoms with Crippen molar-refractivity contribution in [1.29, 1.82) is 5.26 Å². The van der Waals surface area contributed by atoms with Crippen LogP contribution in [0.25, 0.3) is 11.4 Å². The number of carbonyl (C=O) groups is 1. The molecular weight excluding hydrogens is 418 g/mol. The van der Waals surface area contributed by atoms with Gasteiger partial charge < -0.3 is 25.0 Å². The number of ether oxygens (including phenoxy) is 2. The van der Waals surface area contributed by atoms with Crippen LogP contribution in [-0.4, -0.2) is 70.8 Å². The van der Waals surface area contributed by atoms with Crippen molar-refractivity contribution in [2.45, 2.75) is 31.7 Å². The van der Waals surface area contributed by atoms with Crippen LogP contribution in [-0.2, 0) is 9.57 Å². The van der Waals surface area contributed by atoms with Crippen molar-refractivity contribution in [3.05, 3.63) is 35.4 Å². The van der Waals surface area contributed by atoms with Crippen LogP contribution in [0, 0.1) is 11.3 Å². The number of aromatic nitrogens is 2. The summed E-state index contributed by atoms with van der Waals surface area (Å²) < 4.78 is 11.1. The van der Waals surface area contributed by atoms with Crippen LogP contribution >= 0.6 is 0 Å². The Hall–Kier alpha value is -3.30. The van der Waals surface area contributed by atoms with Crippen molar-refractivity contribution in [1.82, 2.24) is 15.4 Å². The molecule has 11 nitrogen and oxygen atoms in total. The van der Waals surface area contributed by atoms with Crippen molar-refractivity contribution in [3.8, 4) is 23.3 Å². The van der Waals surface area contributed by atoms with Gasteiger partial charge in [0, 0.05) is 12.6 Å². The van der Waals surface area contributed by atoms with Crippen molar-refractivity contribution in [3.63, 3.8) is 0 Å². The van der Waals surface area contributed by atoms with E-state index in [9.17, 15) is 20.3 Å². The molecule has 2 atom stereocenters. The van der Waals surface area contributed by atoms with Crippen LogP contribution in [0.4, 0.5) is 5.82 Å². The average Bonchev–Trinajstić information content (AvgIpc) is 3.16. The smallest absolute Gasteiger partial charge is 0.284 e. The molecule has 1 saturated heterocycles. The molecule has 2 heterocycles. The standard InChI is InChI=1S/C21H25N5O6/c1-21(2,29)11-31-26-19(28)16-18(23-3)24-17(13-6-4-5-12(7-13)8-22)25-20(16)32-15-10-30-9-14(15)27/h4-7,14-15,27,29H,9-11H2,1-3H3,(H,26,28)(H,23,24,25)/t14?,15-/m1/s1. The van der Waals surface area contributed by atoms with Crippen molar-refractivity contribution in [2.75, 3.05) is 32.2 Å². The Morgan fingerprint density at radius 2 is 2.16 bits per heavy atom. The summed E-state index contributed by atoms with van der Waals surface area (Å²) in [4.78, 5) is 26.8. The summed E-state index contributed by atoms with van der Waals surface area (Å²) in [5.41, 5.74) is 2.00. The van der Waals surface area contributed by atoms with E-state index in [-0.39, 0.29) is 42.9 Å². The minimum Gasteiger partial charge on any atom is -0.468 e. The number of amides is 1. The first kappa shape index (κ1) is 23.4. The largest absolute Gasteiger partial charge is 0.468 e. The van der Waals surface area contributed by atoms with E-state index in [4.69, 9.17) is 14.3 Å². The second kappa shape index (κ2) is 9.88. The molecule has 0 radical (unpaired) electrons. The lowest BCUT2D eigenvalue weighted by Gasteiger charge is -2.20. The highest BCUT2D eigenvalue weighted by Crippen LogP contribution is 2.29. The Labute approximate surface area is 184 Å². The van der Waals surface area contributed by atoms with Gasteiger partial charge in [-0.05, 0) is 26.0 Å². The maximum Gasteiger partial charge on any atom is 0.284 e. The number of anilines is 1. The van der Waals surface area contributed by atoms with E-state index < -0.39 is 23.7 Å². The number of nitrogens with zero attached hydrogens (tertiary/aromatic N) is 3. The lowest BCUT2D eigenvalue weighted by atomic mass is 10.1. The number of aliphatic hydroxyl groups excluding tert-OH is 1. The molecule has 170 valence electrons. The first-order chi connectivity index (χ1) is 15.2. The summed E-state index contributed by atoms with van der Waals surface area (Å²) in [5, 5.41) is 31.9. The first-order valence-electron chi connectivity index (χ1n) is 9.89. The van der Waals surface area contributed by atoms with Crippen LogP contribution < -0.4 is 15.5 Å². The van der Waals surface area contributed by atoms with Crippen LogP contribution in [0.1, 0.15) is 29.8 Å². The summed E-state index contributed by atoms with van der Waals surface area (Å²) in [5.74, 6) is -0.450. The summed E-state index contributed by atoms with van der Waals surface area (Å²) in [6.45, 7) is 3.12. The molecule has 0 bridgehead atoms. The maximum atomic E-state index is 12.9. The second-order valence-corrected chi connectivity index (χ2v) is 7.81. The molecule has 4 N–H and O–H groups in total. The van der Waals surface area contributed by atoms with E-state index in [1.54, 1.807) is 31.3 Å². The third-order valence-corrected chi connectivity index (χ3v) is 4.44. The SMILES string of the molecule is CNc1nc(-c2cccc(C#N)c2)nc(O[C@@H]2COCC2O)c1C(=O)NOCC(C)(C)O. The molecule has 1 unspecified atom stereocenters. The van der Waals surface area contributed by atoms with Gasteiger partial charge in [0.1, 0.15) is 24.1 Å². The Balaban J connectivity index is 2.01. The third-order valence-electron chi connectivity index (χ3n) is 4.44.